The molecule has 3 N–H and O–H groups in total. The SMILES string of the molecule is Cc1c(COc2cc(OCCCN3CCC(O)C3)c(CN3CCCCC3C(=O)O)cc2Cl)cccc1-c1cccc(OCCCN2CCC(O)C2)c1C. The lowest BCUT2D eigenvalue weighted by Crippen LogP contribution is -2.44. The van der Waals surface area contributed by atoms with Crippen molar-refractivity contribution in [3.8, 4) is 28.4 Å². The number of rotatable bonds is 17. The maximum Gasteiger partial charge on any atom is 0.320 e. The van der Waals surface area contributed by atoms with E-state index < -0.39 is 12.0 Å². The van der Waals surface area contributed by atoms with Crippen molar-refractivity contribution < 1.29 is 34.3 Å². The second kappa shape index (κ2) is 18.8. The molecule has 0 saturated carbocycles. The van der Waals surface area contributed by atoms with E-state index >= 15 is 0 Å². The monoisotopic (exact) mass is 749 g/mol. The Bertz CT molecular complexity index is 1690. The Morgan fingerprint density at radius 2 is 1.40 bits per heavy atom. The number of carbonyl (C=O) groups is 1. The van der Waals surface area contributed by atoms with Gasteiger partial charge in [0.1, 0.15) is 29.9 Å². The van der Waals surface area contributed by atoms with Crippen molar-refractivity contribution in [2.45, 2.75) is 90.2 Å². The number of carboxylic acid groups (broad SMARTS) is 1. The van der Waals surface area contributed by atoms with Gasteiger partial charge in [-0.1, -0.05) is 48.4 Å². The van der Waals surface area contributed by atoms with Gasteiger partial charge < -0.3 is 39.3 Å². The third-order valence-corrected chi connectivity index (χ3v) is 11.3. The number of halogens is 1. The van der Waals surface area contributed by atoms with Crippen molar-refractivity contribution in [3.05, 3.63) is 75.8 Å². The fraction of sp³-hybridized carbons (Fsp3) is 0.548. The molecule has 3 aromatic carbocycles. The van der Waals surface area contributed by atoms with Gasteiger partial charge >= 0.3 is 5.97 Å². The van der Waals surface area contributed by atoms with Crippen LogP contribution < -0.4 is 14.2 Å². The molecule has 0 bridgehead atoms. The van der Waals surface area contributed by atoms with Gasteiger partial charge in [-0.05, 0) is 98.9 Å². The first-order valence-corrected chi connectivity index (χ1v) is 19.7. The highest BCUT2D eigenvalue weighted by Gasteiger charge is 2.29. The van der Waals surface area contributed by atoms with Gasteiger partial charge in [0.2, 0.25) is 0 Å². The van der Waals surface area contributed by atoms with Gasteiger partial charge in [0.15, 0.2) is 0 Å². The zero-order chi connectivity index (χ0) is 37.3. The number of likely N-dealkylation sites (tertiary alicyclic amines) is 3. The standard InChI is InChI=1S/C42H56ClN3O7/c1-29-31(9-5-10-35(29)36-11-6-13-39(30(36)2)51-21-7-16-44-19-14-33(47)26-44)28-53-41-24-40(52-22-8-17-45-20-15-34(48)27-45)32(23-37(41)43)25-46-18-4-3-12-38(46)42(49)50/h5-6,9-11,13,23-24,33-34,38,47-48H,3-4,7-8,12,14-22,25-28H2,1-2H3,(H,49,50). The molecule has 288 valence electrons. The Balaban J connectivity index is 1.14. The Kier molecular flexibility index (Phi) is 13.9. The number of β-amino-alcohol motifs (C(OH)–C–C–N with tert-alkyl or cyclic N) is 2. The van der Waals surface area contributed by atoms with Crippen LogP contribution in [0, 0.1) is 13.8 Å². The summed E-state index contributed by atoms with van der Waals surface area (Å²) >= 11 is 6.87. The summed E-state index contributed by atoms with van der Waals surface area (Å²) in [5, 5.41) is 30.1. The van der Waals surface area contributed by atoms with E-state index in [1.54, 1.807) is 0 Å². The average Bonchev–Trinajstić information content (AvgIpc) is 3.76. The molecular formula is C42H56ClN3O7. The molecule has 3 unspecified atom stereocenters. The summed E-state index contributed by atoms with van der Waals surface area (Å²) in [7, 11) is 0. The molecule has 53 heavy (non-hydrogen) atoms. The number of nitrogens with zero attached hydrogens (tertiary/aromatic N) is 3. The predicted molar refractivity (Wildman–Crippen MR) is 207 cm³/mol. The van der Waals surface area contributed by atoms with Gasteiger partial charge in [-0.2, -0.15) is 0 Å². The van der Waals surface area contributed by atoms with Gasteiger partial charge in [-0.3, -0.25) is 9.69 Å². The first kappa shape index (κ1) is 39.3. The van der Waals surface area contributed by atoms with Crippen molar-refractivity contribution in [1.82, 2.24) is 14.7 Å². The Hall–Kier alpha value is -3.38. The lowest BCUT2D eigenvalue weighted by Gasteiger charge is -2.33. The van der Waals surface area contributed by atoms with Crippen molar-refractivity contribution in [2.24, 2.45) is 0 Å². The van der Waals surface area contributed by atoms with Crippen LogP contribution in [0.15, 0.2) is 48.5 Å². The highest BCUT2D eigenvalue weighted by atomic mass is 35.5. The third-order valence-electron chi connectivity index (χ3n) is 11.0. The van der Waals surface area contributed by atoms with E-state index in [-0.39, 0.29) is 12.2 Å². The summed E-state index contributed by atoms with van der Waals surface area (Å²) < 4.78 is 19.0. The topological polar surface area (TPSA) is 115 Å². The summed E-state index contributed by atoms with van der Waals surface area (Å²) in [5.74, 6) is 1.24. The van der Waals surface area contributed by atoms with E-state index in [9.17, 15) is 20.1 Å². The van der Waals surface area contributed by atoms with Crippen LogP contribution >= 0.6 is 11.6 Å². The number of benzene rings is 3. The average molecular weight is 750 g/mol. The molecule has 0 radical (unpaired) electrons. The first-order chi connectivity index (χ1) is 25.7. The normalized spacial score (nSPS) is 21.3. The van der Waals surface area contributed by atoms with E-state index in [4.69, 9.17) is 25.8 Å². The number of hydrogen-bond acceptors (Lipinski definition) is 9. The molecule has 0 amide bonds. The molecule has 3 aliphatic heterocycles. The molecule has 3 aromatic rings. The van der Waals surface area contributed by atoms with Crippen molar-refractivity contribution in [3.63, 3.8) is 0 Å². The molecule has 10 nitrogen and oxygen atoms in total. The van der Waals surface area contributed by atoms with Gasteiger partial charge in [0, 0.05) is 57.4 Å². The van der Waals surface area contributed by atoms with Crippen LogP contribution in [0.3, 0.4) is 0 Å². The fourth-order valence-electron chi connectivity index (χ4n) is 7.94. The zero-order valence-electron chi connectivity index (χ0n) is 31.3. The van der Waals surface area contributed by atoms with E-state index in [1.165, 1.54) is 0 Å². The smallest absolute Gasteiger partial charge is 0.320 e. The summed E-state index contributed by atoms with van der Waals surface area (Å²) in [4.78, 5) is 18.6. The van der Waals surface area contributed by atoms with Crippen LogP contribution in [-0.4, -0.2) is 113 Å². The van der Waals surface area contributed by atoms with Crippen LogP contribution in [0.1, 0.15) is 67.2 Å². The lowest BCUT2D eigenvalue weighted by atomic mass is 9.93. The van der Waals surface area contributed by atoms with Crippen LogP contribution in [0.2, 0.25) is 5.02 Å². The number of piperidine rings is 1. The van der Waals surface area contributed by atoms with Crippen molar-refractivity contribution >= 4 is 17.6 Å². The molecule has 0 spiro atoms. The Labute approximate surface area is 319 Å². The van der Waals surface area contributed by atoms with Gasteiger partial charge in [0.05, 0.1) is 30.4 Å². The molecule has 6 rings (SSSR count). The fourth-order valence-corrected chi connectivity index (χ4v) is 8.18. The molecule has 3 atom stereocenters. The van der Waals surface area contributed by atoms with E-state index in [0.717, 1.165) is 110 Å². The van der Waals surface area contributed by atoms with E-state index in [2.05, 4.69) is 47.9 Å². The van der Waals surface area contributed by atoms with Gasteiger partial charge in [-0.15, -0.1) is 0 Å². The zero-order valence-corrected chi connectivity index (χ0v) is 32.0. The van der Waals surface area contributed by atoms with Crippen LogP contribution in [0.5, 0.6) is 17.2 Å². The summed E-state index contributed by atoms with van der Waals surface area (Å²) in [5.41, 5.74) is 6.31. The quantitative estimate of drug-likeness (QED) is 0.136. The maximum atomic E-state index is 12.1. The summed E-state index contributed by atoms with van der Waals surface area (Å²) in [6, 6.07) is 15.6. The second-order valence-electron chi connectivity index (χ2n) is 14.9. The number of ether oxygens (including phenoxy) is 3. The lowest BCUT2D eigenvalue weighted by molar-refractivity contribution is -0.144. The summed E-state index contributed by atoms with van der Waals surface area (Å²) in [6.07, 6.45) is 5.39. The number of aliphatic hydroxyl groups excluding tert-OH is 2. The van der Waals surface area contributed by atoms with Crippen LogP contribution in [-0.2, 0) is 17.9 Å². The highest BCUT2D eigenvalue weighted by molar-refractivity contribution is 6.32. The minimum Gasteiger partial charge on any atom is -0.493 e. The van der Waals surface area contributed by atoms with Crippen LogP contribution in [0.25, 0.3) is 11.1 Å². The maximum absolute atomic E-state index is 12.1. The van der Waals surface area contributed by atoms with E-state index in [0.29, 0.717) is 62.4 Å². The molecule has 0 aliphatic carbocycles. The Morgan fingerprint density at radius 1 is 0.755 bits per heavy atom. The number of aliphatic hydroxyl groups is 2. The molecule has 0 aromatic heterocycles. The van der Waals surface area contributed by atoms with Gasteiger partial charge in [-0.25, -0.2) is 0 Å². The van der Waals surface area contributed by atoms with Crippen molar-refractivity contribution in [2.75, 3.05) is 59.0 Å². The number of carboxylic acids is 1. The largest absolute Gasteiger partial charge is 0.493 e. The third kappa shape index (κ3) is 10.4. The van der Waals surface area contributed by atoms with Crippen LogP contribution in [0.4, 0.5) is 0 Å². The van der Waals surface area contributed by atoms with Crippen molar-refractivity contribution in [1.29, 1.82) is 0 Å². The Morgan fingerprint density at radius 3 is 2.04 bits per heavy atom. The molecular weight excluding hydrogens is 694 g/mol. The number of hydrogen-bond donors (Lipinski definition) is 3. The molecule has 3 saturated heterocycles. The highest BCUT2D eigenvalue weighted by Crippen LogP contribution is 2.37. The molecule has 3 heterocycles. The molecule has 3 aliphatic rings. The molecule has 3 fully saturated rings. The minimum atomic E-state index is -0.798. The van der Waals surface area contributed by atoms with Gasteiger partial charge in [0.25, 0.3) is 0 Å². The second-order valence-corrected chi connectivity index (χ2v) is 15.3. The predicted octanol–water partition coefficient (Wildman–Crippen LogP) is 6.31. The first-order valence-electron chi connectivity index (χ1n) is 19.3. The summed E-state index contributed by atoms with van der Waals surface area (Å²) in [6.45, 7) is 11.8. The number of aliphatic carboxylic acids is 1. The van der Waals surface area contributed by atoms with E-state index in [1.807, 2.05) is 29.2 Å². The molecule has 11 heteroatoms. The minimum absolute atomic E-state index is 0.204.